The maximum absolute atomic E-state index is 12.7. The average Bonchev–Trinajstić information content (AvgIpc) is 1.54. The van der Waals surface area contributed by atoms with Crippen LogP contribution in [0.15, 0.2) is 145 Å². The van der Waals surface area contributed by atoms with Gasteiger partial charge in [0.05, 0.1) is 48.4 Å². The van der Waals surface area contributed by atoms with E-state index in [2.05, 4.69) is 119 Å². The first-order valence-corrected chi connectivity index (χ1v) is 42.0. The first-order valence-electron chi connectivity index (χ1n) is 42.0. The van der Waals surface area contributed by atoms with Gasteiger partial charge in [0, 0.05) is 66.6 Å². The molecule has 5 aliphatic heterocycles. The number of aryl methyl sites for hydroxylation is 1. The molecule has 0 amide bonds. The van der Waals surface area contributed by atoms with Crippen molar-refractivity contribution in [2.75, 3.05) is 0 Å². The Kier molecular flexibility index (Phi) is 20.5. The van der Waals surface area contributed by atoms with Crippen LogP contribution < -0.4 is 0 Å². The van der Waals surface area contributed by atoms with Crippen molar-refractivity contribution in [2.45, 2.75) is 274 Å². The SMILES string of the molecule is CC1(C)C[C@H]2CCC[C@H]3[C@@H](Cc4ccccc4)C(=O)O[C@@]23C1.CC1C[C@H]2CCC[C@H]3[C@@H](Cc4ccccc4)C(=O)O[C@@]23C1.C[C@@]1(OCc2ccccc2)C[C@H]2CCC[C@H]3CC(=O)O[C@@]23C1.Cc1cc(C[C@H]2C(=O)O[C@@]34C[C@](C)(O)C[C@H]3CCC[C@@H]24)ccc1O.O=C1C[C@@H]2CC[C@H]3C/C(=C/c4ccccc4)C[C@@]23O1. The van der Waals surface area contributed by atoms with E-state index in [-0.39, 0.29) is 87.3 Å². The van der Waals surface area contributed by atoms with Gasteiger partial charge in [0.1, 0.15) is 33.8 Å². The van der Waals surface area contributed by atoms with Gasteiger partial charge in [0.15, 0.2) is 0 Å². The number of esters is 5. The van der Waals surface area contributed by atoms with E-state index in [9.17, 15) is 34.2 Å². The van der Waals surface area contributed by atoms with Crippen molar-refractivity contribution in [3.8, 4) is 5.75 Å². The third kappa shape index (κ3) is 14.4. The number of phenols is 1. The van der Waals surface area contributed by atoms with Crippen molar-refractivity contribution in [3.63, 3.8) is 0 Å². The van der Waals surface area contributed by atoms with Gasteiger partial charge in [-0.05, 0) is 212 Å². The molecule has 1 unspecified atom stereocenters. The van der Waals surface area contributed by atoms with Crippen LogP contribution in [0.4, 0.5) is 0 Å². The Balaban J connectivity index is 0.000000103. The zero-order valence-electron chi connectivity index (χ0n) is 65.0. The molecule has 10 saturated carbocycles. The van der Waals surface area contributed by atoms with Crippen LogP contribution in [0.25, 0.3) is 6.08 Å². The molecule has 21 atom stereocenters. The van der Waals surface area contributed by atoms with Crippen molar-refractivity contribution in [1.82, 2.24) is 0 Å². The smallest absolute Gasteiger partial charge is 0.310 e. The first-order chi connectivity index (χ1) is 51.9. The predicted molar refractivity (Wildman–Crippen MR) is 414 cm³/mol. The minimum absolute atomic E-state index is 0.00390. The molecule has 576 valence electrons. The summed E-state index contributed by atoms with van der Waals surface area (Å²) in [7, 11) is 0. The topological polar surface area (TPSA) is 181 Å². The summed E-state index contributed by atoms with van der Waals surface area (Å²) in [6.07, 6.45) is 32.3. The molecule has 10 aliphatic carbocycles. The van der Waals surface area contributed by atoms with Gasteiger partial charge in [0.2, 0.25) is 0 Å². The first kappa shape index (κ1) is 75.0. The van der Waals surface area contributed by atoms with Crippen LogP contribution in [0.3, 0.4) is 0 Å². The Hall–Kier alpha value is -7.09. The minimum atomic E-state index is -0.725. The highest BCUT2D eigenvalue weighted by Crippen LogP contribution is 2.66. The largest absolute Gasteiger partial charge is 0.508 e. The monoisotopic (exact) mass is 1470 g/mol. The number of phenolic OH excluding ortho intramolecular Hbond substituents is 1. The number of ether oxygens (including phenoxy) is 6. The second-order valence-electron chi connectivity index (χ2n) is 38.1. The molecule has 5 saturated heterocycles. The summed E-state index contributed by atoms with van der Waals surface area (Å²) in [6.45, 7) is 13.6. The van der Waals surface area contributed by atoms with E-state index < -0.39 is 11.2 Å². The summed E-state index contributed by atoms with van der Waals surface area (Å²) < 4.78 is 36.3. The molecule has 5 heterocycles. The Bertz CT molecular complexity index is 4130. The number of hydrogen-bond acceptors (Lipinski definition) is 13. The average molecular weight is 1470 g/mol. The molecule has 0 aromatic heterocycles. The molecule has 13 heteroatoms. The van der Waals surface area contributed by atoms with E-state index in [0.29, 0.717) is 96.9 Å². The molecule has 0 bridgehead atoms. The fourth-order valence-corrected chi connectivity index (χ4v) is 26.1. The number of aliphatic hydroxyl groups is 1. The predicted octanol–water partition coefficient (Wildman–Crippen LogP) is 18.9. The molecule has 15 fully saturated rings. The summed E-state index contributed by atoms with van der Waals surface area (Å²) in [5.41, 5.74) is 6.72. The number of benzene rings is 5. The number of carbonyl (C=O) groups is 5. The van der Waals surface area contributed by atoms with Crippen LogP contribution in [0.1, 0.15) is 235 Å². The molecular formula is C95H118O13. The quantitative estimate of drug-likeness (QED) is 0.0997. The number of carbonyl (C=O) groups excluding carboxylic acids is 5. The van der Waals surface area contributed by atoms with Gasteiger partial charge in [-0.2, -0.15) is 0 Å². The van der Waals surface area contributed by atoms with Crippen LogP contribution in [0.5, 0.6) is 5.75 Å². The molecule has 2 N–H and O–H groups in total. The maximum atomic E-state index is 12.7. The third-order valence-electron chi connectivity index (χ3n) is 30.1. The van der Waals surface area contributed by atoms with Crippen molar-refractivity contribution < 1.29 is 62.6 Å². The fraction of sp³-hybridized carbons (Fsp3) is 0.611. The molecule has 5 aromatic carbocycles. The summed E-state index contributed by atoms with van der Waals surface area (Å²) in [4.78, 5) is 61.4. The minimum Gasteiger partial charge on any atom is -0.508 e. The zero-order valence-corrected chi connectivity index (χ0v) is 65.0. The molecule has 0 radical (unpaired) electrons. The highest BCUT2D eigenvalue weighted by molar-refractivity contribution is 5.79. The molecular weight excluding hydrogens is 1350 g/mol. The van der Waals surface area contributed by atoms with Crippen molar-refractivity contribution in [3.05, 3.63) is 178 Å². The molecule has 108 heavy (non-hydrogen) atoms. The standard InChI is InChI=1S/C20H26O4.C20H26O2.C19H24O3.C19H24O2.C17H18O2/c1-12-8-13(6-7-17(12)21)9-15-16-5-3-4-14-10-19(2,23)11-20(14,16)24-18(15)22;1-19(2)12-15-9-6-10-17-16(11-14-7-4-3-5-8-14)18(21)22-20(15,17)13-19;1-18(21-12-14-6-3-2-4-7-14)11-16-9-5-8-15-10-17(20)22-19(15,16)13-18;1-13-10-15-8-5-9-17-16(11-14-6-3-2-4-7-14)18(20)21-19(15,17)12-13;18-16-10-15-7-6-14-9-13(11-17(14,15)19-16)8-12-4-2-1-3-5-12/h6-8,14-16,21,23H,3-5,9-11H2,1-2H3;3-5,7-8,15-17H,6,9-13H2,1-2H3;2-4,6-7,15-16H,5,8-13H2,1H3;2-4,6-7,13,15-17H,5,8-12H2,1H3;1-5,8,14-15H,6-7,9-11H2/b;;;;13-8-/t14-,15-,16+,19-,20+;15-,16-,17+,20+;15-,16+,18+,19+;13?,15-,16-,17+,19+;14-,15-,17-/m11010/s1. The van der Waals surface area contributed by atoms with Crippen LogP contribution in [-0.2, 0) is 78.3 Å². The summed E-state index contributed by atoms with van der Waals surface area (Å²) in [6, 6.07) is 47.2. The Morgan fingerprint density at radius 2 is 0.907 bits per heavy atom. The van der Waals surface area contributed by atoms with E-state index in [0.717, 1.165) is 101 Å². The Morgan fingerprint density at radius 1 is 0.444 bits per heavy atom. The summed E-state index contributed by atoms with van der Waals surface area (Å²) in [5, 5.41) is 20.3. The second-order valence-corrected chi connectivity index (χ2v) is 38.1. The lowest BCUT2D eigenvalue weighted by atomic mass is 9.66. The molecule has 5 aromatic rings. The van der Waals surface area contributed by atoms with E-state index in [1.165, 1.54) is 98.5 Å². The molecule has 15 aliphatic rings. The van der Waals surface area contributed by atoms with Gasteiger partial charge >= 0.3 is 29.8 Å². The van der Waals surface area contributed by atoms with Crippen molar-refractivity contribution in [1.29, 1.82) is 0 Å². The molecule has 20 rings (SSSR count). The third-order valence-corrected chi connectivity index (χ3v) is 30.1. The lowest BCUT2D eigenvalue weighted by molar-refractivity contribution is -0.157. The zero-order chi connectivity index (χ0) is 75.0. The van der Waals surface area contributed by atoms with Crippen LogP contribution in [-0.4, -0.2) is 79.3 Å². The highest BCUT2D eigenvalue weighted by atomic mass is 16.6. The van der Waals surface area contributed by atoms with Gasteiger partial charge in [0.25, 0.3) is 0 Å². The van der Waals surface area contributed by atoms with E-state index in [4.69, 9.17) is 28.4 Å². The van der Waals surface area contributed by atoms with E-state index in [1.54, 1.807) is 6.07 Å². The number of aromatic hydroxyl groups is 1. The van der Waals surface area contributed by atoms with Gasteiger partial charge in [-0.3, -0.25) is 24.0 Å². The molecule has 13 nitrogen and oxygen atoms in total. The van der Waals surface area contributed by atoms with E-state index in [1.807, 2.05) is 62.4 Å². The summed E-state index contributed by atoms with van der Waals surface area (Å²) >= 11 is 0. The van der Waals surface area contributed by atoms with Crippen LogP contribution in [0.2, 0.25) is 0 Å². The van der Waals surface area contributed by atoms with Gasteiger partial charge in [-0.1, -0.05) is 192 Å². The highest BCUT2D eigenvalue weighted by Gasteiger charge is 2.69. The lowest BCUT2D eigenvalue weighted by Crippen LogP contribution is -2.44. The second kappa shape index (κ2) is 29.5. The van der Waals surface area contributed by atoms with Gasteiger partial charge in [-0.25, -0.2) is 0 Å². The van der Waals surface area contributed by atoms with Crippen LogP contribution >= 0.6 is 0 Å². The summed E-state index contributed by atoms with van der Waals surface area (Å²) in [5.74, 6) is 5.62. The van der Waals surface area contributed by atoms with Crippen molar-refractivity contribution >= 4 is 35.9 Å². The normalized spacial score (nSPS) is 40.1. The van der Waals surface area contributed by atoms with E-state index >= 15 is 0 Å². The maximum Gasteiger partial charge on any atom is 0.310 e. The Morgan fingerprint density at radius 3 is 1.49 bits per heavy atom. The fourth-order valence-electron chi connectivity index (χ4n) is 26.1. The number of hydrogen-bond donors (Lipinski definition) is 2. The Labute approximate surface area is 641 Å². The van der Waals surface area contributed by atoms with Gasteiger partial charge < -0.3 is 38.6 Å². The van der Waals surface area contributed by atoms with Crippen molar-refractivity contribution in [2.24, 2.45) is 88.3 Å². The molecule has 5 spiro atoms. The lowest BCUT2D eigenvalue weighted by Gasteiger charge is -2.40. The number of rotatable bonds is 10. The van der Waals surface area contributed by atoms with Crippen LogP contribution in [0, 0.1) is 95.2 Å². The van der Waals surface area contributed by atoms with Gasteiger partial charge in [-0.15, -0.1) is 0 Å².